The van der Waals surface area contributed by atoms with Gasteiger partial charge in [-0.15, -0.1) is 11.3 Å². The van der Waals surface area contributed by atoms with Gasteiger partial charge in [-0.3, -0.25) is 9.78 Å². The number of hydrogen-bond acceptors (Lipinski definition) is 8. The molecule has 0 radical (unpaired) electrons. The first kappa shape index (κ1) is 16.8. The molecule has 26 heavy (non-hydrogen) atoms. The third-order valence-electron chi connectivity index (χ3n) is 3.90. The largest absolute Gasteiger partial charge is 0.457 e. The number of nitrogens with zero attached hydrogens (tertiary/aromatic N) is 5. The second-order valence-corrected chi connectivity index (χ2v) is 7.04. The molecule has 1 aromatic carbocycles. The fourth-order valence-corrected chi connectivity index (χ4v) is 3.69. The number of aryl methyl sites for hydroxylation is 1. The lowest BCUT2D eigenvalue weighted by Crippen LogP contribution is -2.28. The third kappa shape index (κ3) is 3.09. The van der Waals surface area contributed by atoms with Crippen LogP contribution in [0.5, 0.6) is 0 Å². The standard InChI is InChI=1S/C16H14BN5O3S/c1-9-2-3-12-10(6-9)20-13(26-12)8-22-16(23)15-14(18-4-5-19-15)11(21-22)7-17(24)25/h2-6,24-25H,7-8H2,1H3. The maximum atomic E-state index is 12.7. The van der Waals surface area contributed by atoms with Crippen molar-refractivity contribution in [3.05, 3.63) is 57.2 Å². The first-order valence-corrected chi connectivity index (χ1v) is 8.76. The zero-order valence-electron chi connectivity index (χ0n) is 13.8. The molecule has 4 rings (SSSR count). The zero-order valence-corrected chi connectivity index (χ0v) is 14.6. The lowest BCUT2D eigenvalue weighted by atomic mass is 9.84. The number of aromatic nitrogens is 5. The minimum Gasteiger partial charge on any atom is -0.427 e. The van der Waals surface area contributed by atoms with E-state index in [1.807, 2.05) is 25.1 Å². The Bertz CT molecular complexity index is 1170. The fraction of sp³-hybridized carbons (Fsp3) is 0.188. The van der Waals surface area contributed by atoms with Crippen molar-refractivity contribution < 1.29 is 10.0 Å². The molecule has 0 fully saturated rings. The van der Waals surface area contributed by atoms with Gasteiger partial charge in [-0.25, -0.2) is 14.6 Å². The van der Waals surface area contributed by atoms with Crippen LogP contribution in [0.3, 0.4) is 0 Å². The highest BCUT2D eigenvalue weighted by molar-refractivity contribution is 7.18. The molecular formula is C16H14BN5O3S. The second-order valence-electron chi connectivity index (χ2n) is 5.93. The molecule has 3 aromatic heterocycles. The van der Waals surface area contributed by atoms with E-state index in [2.05, 4.69) is 20.1 Å². The lowest BCUT2D eigenvalue weighted by molar-refractivity contribution is 0.403. The van der Waals surface area contributed by atoms with Crippen LogP contribution in [0, 0.1) is 6.92 Å². The Morgan fingerprint density at radius 3 is 2.73 bits per heavy atom. The van der Waals surface area contributed by atoms with Gasteiger partial charge in [0.2, 0.25) is 0 Å². The van der Waals surface area contributed by atoms with Crippen molar-refractivity contribution >= 4 is 39.7 Å². The van der Waals surface area contributed by atoms with Gasteiger partial charge in [-0.2, -0.15) is 5.10 Å². The highest BCUT2D eigenvalue weighted by atomic mass is 32.1. The van der Waals surface area contributed by atoms with Crippen LogP contribution in [-0.4, -0.2) is 41.9 Å². The molecular weight excluding hydrogens is 353 g/mol. The van der Waals surface area contributed by atoms with Crippen LogP contribution in [-0.2, 0) is 12.9 Å². The summed E-state index contributed by atoms with van der Waals surface area (Å²) in [5, 5.41) is 23.6. The Kier molecular flexibility index (Phi) is 4.23. The van der Waals surface area contributed by atoms with Crippen LogP contribution in [0.1, 0.15) is 16.3 Å². The topological polar surface area (TPSA) is 114 Å². The summed E-state index contributed by atoms with van der Waals surface area (Å²) >= 11 is 1.49. The summed E-state index contributed by atoms with van der Waals surface area (Å²) in [6.07, 6.45) is 2.72. The average molecular weight is 367 g/mol. The minimum absolute atomic E-state index is 0.144. The van der Waals surface area contributed by atoms with Crippen LogP contribution in [0.4, 0.5) is 0 Å². The number of benzene rings is 1. The summed E-state index contributed by atoms with van der Waals surface area (Å²) < 4.78 is 2.28. The minimum atomic E-state index is -1.59. The van der Waals surface area contributed by atoms with Crippen LogP contribution >= 0.6 is 11.3 Å². The van der Waals surface area contributed by atoms with E-state index in [1.54, 1.807) is 0 Å². The predicted octanol–water partition coefficient (Wildman–Crippen LogP) is 0.707. The van der Waals surface area contributed by atoms with Crippen molar-refractivity contribution in [1.29, 1.82) is 0 Å². The molecule has 4 aromatic rings. The summed E-state index contributed by atoms with van der Waals surface area (Å²) in [4.78, 5) is 25.5. The van der Waals surface area contributed by atoms with E-state index in [4.69, 9.17) is 0 Å². The van der Waals surface area contributed by atoms with Crippen molar-refractivity contribution in [3.8, 4) is 0 Å². The van der Waals surface area contributed by atoms with Crippen LogP contribution in [0.15, 0.2) is 35.4 Å². The fourth-order valence-electron chi connectivity index (χ4n) is 2.76. The SMILES string of the molecule is Cc1ccc2sc(Cn3nc(CB(O)O)c4nccnc4c3=O)nc2c1. The van der Waals surface area contributed by atoms with E-state index >= 15 is 0 Å². The van der Waals surface area contributed by atoms with Gasteiger partial charge in [0.1, 0.15) is 10.5 Å². The molecule has 0 bridgehead atoms. The van der Waals surface area contributed by atoms with Crippen molar-refractivity contribution in [2.45, 2.75) is 19.8 Å². The van der Waals surface area contributed by atoms with Gasteiger partial charge in [0, 0.05) is 18.7 Å². The molecule has 0 saturated carbocycles. The smallest absolute Gasteiger partial charge is 0.427 e. The molecule has 0 aliphatic heterocycles. The maximum Gasteiger partial charge on any atom is 0.457 e. The normalized spacial score (nSPS) is 11.3. The van der Waals surface area contributed by atoms with Crippen molar-refractivity contribution in [2.75, 3.05) is 0 Å². The van der Waals surface area contributed by atoms with Crippen LogP contribution in [0.25, 0.3) is 21.3 Å². The van der Waals surface area contributed by atoms with E-state index in [9.17, 15) is 14.8 Å². The Hall–Kier alpha value is -2.69. The summed E-state index contributed by atoms with van der Waals surface area (Å²) in [5.74, 6) is 0. The molecule has 3 heterocycles. The monoisotopic (exact) mass is 367 g/mol. The van der Waals surface area contributed by atoms with E-state index in [1.165, 1.54) is 28.4 Å². The zero-order chi connectivity index (χ0) is 18.3. The molecule has 0 saturated heterocycles. The molecule has 2 N–H and O–H groups in total. The van der Waals surface area contributed by atoms with E-state index in [0.717, 1.165) is 20.8 Å². The summed E-state index contributed by atoms with van der Waals surface area (Å²) in [7, 11) is -1.59. The van der Waals surface area contributed by atoms with Gasteiger partial charge in [0.25, 0.3) is 5.56 Å². The highest BCUT2D eigenvalue weighted by Gasteiger charge is 2.18. The summed E-state index contributed by atoms with van der Waals surface area (Å²) in [6.45, 7) is 2.18. The molecule has 8 nitrogen and oxygen atoms in total. The molecule has 130 valence electrons. The Balaban J connectivity index is 1.82. The van der Waals surface area contributed by atoms with Gasteiger partial charge >= 0.3 is 7.12 Å². The van der Waals surface area contributed by atoms with E-state index in [0.29, 0.717) is 5.69 Å². The van der Waals surface area contributed by atoms with Crippen LogP contribution in [0.2, 0.25) is 0 Å². The molecule has 10 heteroatoms. The number of rotatable bonds is 4. The second kappa shape index (κ2) is 6.56. The van der Waals surface area contributed by atoms with Gasteiger partial charge in [-0.1, -0.05) is 6.07 Å². The summed E-state index contributed by atoms with van der Waals surface area (Å²) in [5.41, 5.74) is 2.34. The van der Waals surface area contributed by atoms with Crippen molar-refractivity contribution in [1.82, 2.24) is 24.7 Å². The Morgan fingerprint density at radius 2 is 1.96 bits per heavy atom. The molecule has 0 amide bonds. The number of fused-ring (bicyclic) bond motifs is 2. The molecule has 0 atom stereocenters. The third-order valence-corrected chi connectivity index (χ3v) is 4.92. The van der Waals surface area contributed by atoms with Gasteiger partial charge in [0.15, 0.2) is 5.52 Å². The molecule has 0 aliphatic carbocycles. The average Bonchev–Trinajstić information content (AvgIpc) is 3.00. The lowest BCUT2D eigenvalue weighted by Gasteiger charge is -2.08. The van der Waals surface area contributed by atoms with Crippen LogP contribution < -0.4 is 5.56 Å². The van der Waals surface area contributed by atoms with Gasteiger partial charge in [0.05, 0.1) is 22.5 Å². The van der Waals surface area contributed by atoms with Gasteiger partial charge < -0.3 is 10.0 Å². The molecule has 0 spiro atoms. The Morgan fingerprint density at radius 1 is 1.19 bits per heavy atom. The molecule has 0 aliphatic rings. The van der Waals surface area contributed by atoms with Gasteiger partial charge in [-0.05, 0) is 24.6 Å². The number of thiazole rings is 1. The highest BCUT2D eigenvalue weighted by Crippen LogP contribution is 2.23. The van der Waals surface area contributed by atoms with Crippen molar-refractivity contribution in [2.24, 2.45) is 0 Å². The predicted molar refractivity (Wildman–Crippen MR) is 98.9 cm³/mol. The first-order chi connectivity index (χ1) is 12.5. The summed E-state index contributed by atoms with van der Waals surface area (Å²) in [6, 6.07) is 6.01. The maximum absolute atomic E-state index is 12.7. The van der Waals surface area contributed by atoms with E-state index in [-0.39, 0.29) is 29.5 Å². The van der Waals surface area contributed by atoms with Crippen molar-refractivity contribution in [3.63, 3.8) is 0 Å². The first-order valence-electron chi connectivity index (χ1n) is 7.94. The van der Waals surface area contributed by atoms with E-state index < -0.39 is 7.12 Å². The number of hydrogen-bond donors (Lipinski definition) is 2. The quantitative estimate of drug-likeness (QED) is 0.511. The Labute approximate surface area is 152 Å². The molecule has 0 unspecified atom stereocenters.